The maximum atomic E-state index is 13.8. The number of anilines is 1. The van der Waals surface area contributed by atoms with E-state index in [9.17, 15) is 18.9 Å². The Labute approximate surface area is 300 Å². The Bertz CT molecular complexity index is 1590. The molecule has 0 aromatic heterocycles. The molecule has 0 fully saturated rings. The van der Waals surface area contributed by atoms with Crippen molar-refractivity contribution >= 4 is 31.2 Å². The molecule has 4 N–H and O–H groups in total. The Morgan fingerprint density at radius 2 is 1.51 bits per heavy atom. The van der Waals surface area contributed by atoms with Crippen LogP contribution in [0.1, 0.15) is 31.4 Å². The summed E-state index contributed by atoms with van der Waals surface area (Å²) < 4.78 is 36.4. The van der Waals surface area contributed by atoms with Crippen LogP contribution in [-0.2, 0) is 41.6 Å². The Hall–Kier alpha value is -4.52. The third-order valence-corrected chi connectivity index (χ3v) is 9.26. The molecule has 3 rings (SSSR count). The normalized spacial score (nSPS) is 13.2. The summed E-state index contributed by atoms with van der Waals surface area (Å²) in [6.45, 7) is 4.57. The van der Waals surface area contributed by atoms with E-state index >= 15 is 0 Å². The molecule has 0 spiro atoms. The number of nitrogens with zero attached hydrogens (tertiary/aromatic N) is 2. The van der Waals surface area contributed by atoms with Gasteiger partial charge in [-0.3, -0.25) is 19.1 Å². The molecule has 3 aromatic rings. The number of hydrogen-bond acceptors (Lipinski definition) is 10. The van der Waals surface area contributed by atoms with E-state index in [2.05, 4.69) is 10.4 Å². The molecule has 14 heteroatoms. The number of nitrogens with two attached hydrogens (primary N) is 1. The lowest BCUT2D eigenvalue weighted by Crippen LogP contribution is -2.38. The van der Waals surface area contributed by atoms with Gasteiger partial charge in [-0.1, -0.05) is 72.3 Å². The maximum Gasteiger partial charge on any atom is 0.411 e. The highest BCUT2D eigenvalue weighted by molar-refractivity contribution is 7.57. The van der Waals surface area contributed by atoms with Crippen molar-refractivity contribution in [2.75, 3.05) is 58.5 Å². The first-order chi connectivity index (χ1) is 24.4. The minimum absolute atomic E-state index is 0.00234. The van der Waals surface area contributed by atoms with Gasteiger partial charge in [0, 0.05) is 18.8 Å². The molecule has 0 heterocycles. The van der Waals surface area contributed by atoms with E-state index in [1.54, 1.807) is 55.5 Å². The van der Waals surface area contributed by atoms with Crippen LogP contribution >= 0.6 is 7.52 Å². The number of benzene rings is 3. The number of nitrogens with one attached hydrogen (secondary N) is 2. The van der Waals surface area contributed by atoms with Crippen LogP contribution in [0.3, 0.4) is 0 Å². The van der Waals surface area contributed by atoms with Gasteiger partial charge in [-0.25, -0.2) is 9.88 Å². The molecule has 0 aliphatic rings. The Balaban J connectivity index is 1.50. The average molecular weight is 724 g/mol. The molecule has 13 nitrogen and oxygen atoms in total. The second kappa shape index (κ2) is 21.6. The zero-order valence-corrected chi connectivity index (χ0v) is 30.7. The highest BCUT2D eigenvalue weighted by Crippen LogP contribution is 2.43. The number of allylic oxidation sites excluding steroid dienone is 1. The smallest absolute Gasteiger partial charge is 0.411 e. The second-order valence-corrected chi connectivity index (χ2v) is 14.5. The summed E-state index contributed by atoms with van der Waals surface area (Å²) in [7, 11) is 0.316. The fourth-order valence-corrected chi connectivity index (χ4v) is 5.96. The first-order valence-electron chi connectivity index (χ1n) is 16.7. The van der Waals surface area contributed by atoms with Crippen molar-refractivity contribution in [1.82, 2.24) is 14.9 Å². The number of ether oxygens (including phenoxy) is 3. The van der Waals surface area contributed by atoms with Gasteiger partial charge in [0.1, 0.15) is 32.2 Å². The fraction of sp³-hybridized carbons (Fsp3) is 0.378. The summed E-state index contributed by atoms with van der Waals surface area (Å²) in [6.07, 6.45) is 1.86. The lowest BCUT2D eigenvalue weighted by atomic mass is 10.2. The molecule has 3 aromatic carbocycles. The van der Waals surface area contributed by atoms with E-state index in [-0.39, 0.29) is 45.2 Å². The van der Waals surface area contributed by atoms with Gasteiger partial charge in [-0.05, 0) is 69.8 Å². The standard InChI is InChI=1S/C37H50N5O8P/c1-29(12-11-23-51(46,50-34-15-9-6-10-16-34)39-24-35(43)48-26-31-13-7-5-8-14-31)25-47-28-42(22-21-41(3)4)37(45)49-27-32-17-19-33(20-18-32)40-36(44)30(2)38/h5-10,12-20,30H,11,21-28,38H2,1-4H3,(H,39,46)(H,40,44)/b29-12+/t30-,51?/m0/s1. The molecule has 2 atom stereocenters. The van der Waals surface area contributed by atoms with Crippen LogP contribution in [-0.4, -0.2) is 87.0 Å². The predicted octanol–water partition coefficient (Wildman–Crippen LogP) is 5.39. The van der Waals surface area contributed by atoms with Crippen LogP contribution in [0.25, 0.3) is 0 Å². The summed E-state index contributed by atoms with van der Waals surface area (Å²) in [6, 6.07) is 24.4. The van der Waals surface area contributed by atoms with E-state index < -0.39 is 25.6 Å². The molecule has 0 radical (unpaired) electrons. The first kappa shape index (κ1) is 40.9. The van der Waals surface area contributed by atoms with E-state index in [1.807, 2.05) is 68.4 Å². The van der Waals surface area contributed by atoms with Crippen molar-refractivity contribution in [3.8, 4) is 5.75 Å². The van der Waals surface area contributed by atoms with Crippen LogP contribution in [0.15, 0.2) is 96.6 Å². The van der Waals surface area contributed by atoms with Gasteiger partial charge < -0.3 is 34.7 Å². The van der Waals surface area contributed by atoms with Crippen LogP contribution in [0.4, 0.5) is 10.5 Å². The van der Waals surface area contributed by atoms with Crippen molar-refractivity contribution < 1.29 is 37.7 Å². The summed E-state index contributed by atoms with van der Waals surface area (Å²) in [5.74, 6) is -0.421. The number of carbonyl (C=O) groups excluding carboxylic acids is 3. The largest absolute Gasteiger partial charge is 0.460 e. The van der Waals surface area contributed by atoms with Crippen LogP contribution in [0.2, 0.25) is 0 Å². The second-order valence-electron chi connectivity index (χ2n) is 12.2. The van der Waals surface area contributed by atoms with Gasteiger partial charge in [-0.15, -0.1) is 0 Å². The molecule has 51 heavy (non-hydrogen) atoms. The Kier molecular flexibility index (Phi) is 17.4. The summed E-state index contributed by atoms with van der Waals surface area (Å²) in [5, 5.41) is 5.51. The minimum Gasteiger partial charge on any atom is -0.460 e. The molecule has 1 unspecified atom stereocenters. The van der Waals surface area contributed by atoms with Crippen LogP contribution in [0.5, 0.6) is 5.75 Å². The van der Waals surface area contributed by atoms with Crippen molar-refractivity contribution in [1.29, 1.82) is 0 Å². The van der Waals surface area contributed by atoms with Crippen LogP contribution in [0, 0.1) is 0 Å². The highest BCUT2D eigenvalue weighted by Gasteiger charge is 2.25. The molecule has 276 valence electrons. The lowest BCUT2D eigenvalue weighted by Gasteiger charge is -2.24. The summed E-state index contributed by atoms with van der Waals surface area (Å²) >= 11 is 0. The molecule has 0 saturated heterocycles. The van der Waals surface area contributed by atoms with Crippen molar-refractivity contribution in [3.63, 3.8) is 0 Å². The zero-order valence-electron chi connectivity index (χ0n) is 29.8. The first-order valence-corrected chi connectivity index (χ1v) is 18.5. The SMILES string of the molecule is C/C(=C\CCP(=O)(NCC(=O)OCc1ccccc1)Oc1ccccc1)COCN(CCN(C)C)C(=O)OCc1ccc(NC(=O)[C@H](C)N)cc1. The van der Waals surface area contributed by atoms with Gasteiger partial charge in [0.15, 0.2) is 0 Å². The summed E-state index contributed by atoms with van der Waals surface area (Å²) in [4.78, 5) is 40.7. The van der Waals surface area contributed by atoms with Gasteiger partial charge in [0.25, 0.3) is 0 Å². The fourth-order valence-electron chi connectivity index (χ4n) is 4.35. The number of hydrogen-bond donors (Lipinski definition) is 3. The maximum absolute atomic E-state index is 13.8. The highest BCUT2D eigenvalue weighted by atomic mass is 31.2. The Morgan fingerprint density at radius 1 is 0.882 bits per heavy atom. The predicted molar refractivity (Wildman–Crippen MR) is 197 cm³/mol. The van der Waals surface area contributed by atoms with Gasteiger partial charge in [0.2, 0.25) is 5.91 Å². The monoisotopic (exact) mass is 723 g/mol. The molecule has 0 aliphatic carbocycles. The van der Waals surface area contributed by atoms with Crippen molar-refractivity contribution in [2.45, 2.75) is 39.5 Å². The number of carbonyl (C=O) groups is 3. The van der Waals surface area contributed by atoms with E-state index in [1.165, 1.54) is 4.90 Å². The van der Waals surface area contributed by atoms with Crippen LogP contribution < -0.4 is 20.7 Å². The van der Waals surface area contributed by atoms with Crippen molar-refractivity contribution in [3.05, 3.63) is 108 Å². The zero-order chi connectivity index (χ0) is 37.1. The number of esters is 1. The van der Waals surface area contributed by atoms with E-state index in [0.29, 0.717) is 30.9 Å². The molecule has 0 saturated carbocycles. The van der Waals surface area contributed by atoms with E-state index in [4.69, 9.17) is 24.5 Å². The quantitative estimate of drug-likeness (QED) is 0.0560. The molecule has 0 aliphatic heterocycles. The molecule has 2 amide bonds. The van der Waals surface area contributed by atoms with Gasteiger partial charge >= 0.3 is 19.6 Å². The number of rotatable bonds is 21. The number of amides is 2. The third-order valence-electron chi connectivity index (χ3n) is 7.27. The Morgan fingerprint density at radius 3 is 2.16 bits per heavy atom. The topological polar surface area (TPSA) is 162 Å². The third kappa shape index (κ3) is 16.4. The van der Waals surface area contributed by atoms with Crippen molar-refractivity contribution in [2.24, 2.45) is 5.73 Å². The molecular weight excluding hydrogens is 673 g/mol. The average Bonchev–Trinajstić information content (AvgIpc) is 3.11. The molecular formula is C37H50N5O8P. The van der Waals surface area contributed by atoms with E-state index in [0.717, 1.165) is 16.7 Å². The summed E-state index contributed by atoms with van der Waals surface area (Å²) in [5.41, 5.74) is 8.66. The van der Waals surface area contributed by atoms with Gasteiger partial charge in [-0.2, -0.15) is 0 Å². The minimum atomic E-state index is -3.50. The lowest BCUT2D eigenvalue weighted by molar-refractivity contribution is -0.143. The number of likely N-dealkylation sites (N-methyl/N-ethyl adjacent to an activating group) is 1. The number of para-hydroxylation sites is 1. The molecule has 0 bridgehead atoms. The van der Waals surface area contributed by atoms with Gasteiger partial charge in [0.05, 0.1) is 18.8 Å².